The number of ketones is 3. The van der Waals surface area contributed by atoms with Gasteiger partial charge in [0.15, 0.2) is 29.3 Å². The van der Waals surface area contributed by atoms with Crippen molar-refractivity contribution in [1.82, 2.24) is 21.3 Å². The average Bonchev–Trinajstić information content (AvgIpc) is 3.34. The largest absolute Gasteiger partial charge is 0.396 e. The van der Waals surface area contributed by atoms with Crippen LogP contribution in [0.15, 0.2) is 40.3 Å². The predicted octanol–water partition coefficient (Wildman–Crippen LogP) is 2.89. The summed E-state index contributed by atoms with van der Waals surface area (Å²) in [4.78, 5) is 103. The first-order valence-electron chi connectivity index (χ1n) is 26.7. The van der Waals surface area contributed by atoms with Crippen LogP contribution in [0.5, 0.6) is 0 Å². The van der Waals surface area contributed by atoms with E-state index in [1.807, 2.05) is 6.92 Å². The first-order chi connectivity index (χ1) is 34.8. The molecule has 8 atom stereocenters. The Bertz CT molecular complexity index is 1840. The summed E-state index contributed by atoms with van der Waals surface area (Å²) in [6.07, 6.45) is 14.5. The molecule has 0 spiro atoms. The summed E-state index contributed by atoms with van der Waals surface area (Å²) >= 11 is 0. The third kappa shape index (κ3) is 30.4. The van der Waals surface area contributed by atoms with Gasteiger partial charge in [-0.3, -0.25) is 43.5 Å². The fraction of sp³-hybridized carbons (Fsp3) is 0.717. The van der Waals surface area contributed by atoms with Gasteiger partial charge in [0.1, 0.15) is 12.1 Å². The first-order valence-corrected chi connectivity index (χ1v) is 26.7. The molecule has 0 aliphatic heterocycles. The Labute approximate surface area is 433 Å². The number of guanidine groups is 2. The van der Waals surface area contributed by atoms with Gasteiger partial charge in [-0.05, 0) is 63.9 Å². The second kappa shape index (κ2) is 39.1. The SMILES string of the molecule is CCCCCCCCCCCCCCCC(=O)N[C@H](C(=O)N[C@@H](C)C(=O)C[C@@H](Cc1ccccc1)C(=O)N[C@@H](CCCN=C(N)N)C(=O)C[C@@H](CO)C(=O)N[C@@H](CO)C(=O)C[C@H](C)CCCN=C(N)N)[C@@H](C)O. The molecule has 0 fully saturated rings. The van der Waals surface area contributed by atoms with E-state index in [0.29, 0.717) is 31.4 Å². The smallest absolute Gasteiger partial charge is 0.245 e. The highest BCUT2D eigenvalue weighted by atomic mass is 16.3. The maximum absolute atomic E-state index is 14.2. The van der Waals surface area contributed by atoms with Crippen molar-refractivity contribution in [2.45, 2.75) is 199 Å². The van der Waals surface area contributed by atoms with Gasteiger partial charge >= 0.3 is 0 Å². The monoisotopic (exact) mass is 1030 g/mol. The number of amides is 4. The number of nitrogens with two attached hydrogens (primary N) is 4. The summed E-state index contributed by atoms with van der Waals surface area (Å²) in [5, 5.41) is 41.2. The van der Waals surface area contributed by atoms with Crippen molar-refractivity contribution in [3.63, 3.8) is 0 Å². The molecule has 1 aromatic carbocycles. The van der Waals surface area contributed by atoms with Crippen LogP contribution in [-0.2, 0) is 40.0 Å². The van der Waals surface area contributed by atoms with E-state index < -0.39 is 103 Å². The lowest BCUT2D eigenvalue weighted by Crippen LogP contribution is -2.55. The van der Waals surface area contributed by atoms with Crippen LogP contribution in [0.2, 0.25) is 0 Å². The van der Waals surface area contributed by atoms with E-state index in [9.17, 15) is 48.9 Å². The van der Waals surface area contributed by atoms with Crippen molar-refractivity contribution in [3.8, 4) is 0 Å². The molecule has 0 aliphatic carbocycles. The van der Waals surface area contributed by atoms with Crippen LogP contribution in [0.1, 0.15) is 168 Å². The molecule has 20 nitrogen and oxygen atoms in total. The number of unbranched alkanes of at least 4 members (excludes halogenated alkanes) is 12. The van der Waals surface area contributed by atoms with Crippen molar-refractivity contribution in [2.24, 2.45) is 50.7 Å². The number of nitrogens with zero attached hydrogens (tertiary/aromatic N) is 2. The Morgan fingerprint density at radius 3 is 1.56 bits per heavy atom. The number of rotatable bonds is 43. The molecule has 0 radical (unpaired) electrons. The molecule has 4 amide bonds. The van der Waals surface area contributed by atoms with Crippen LogP contribution in [0.4, 0.5) is 0 Å². The van der Waals surface area contributed by atoms with Crippen LogP contribution >= 0.6 is 0 Å². The van der Waals surface area contributed by atoms with Crippen molar-refractivity contribution >= 4 is 52.9 Å². The highest BCUT2D eigenvalue weighted by molar-refractivity contribution is 5.97. The molecule has 20 heteroatoms. The Balaban J connectivity index is 3.04. The summed E-state index contributed by atoms with van der Waals surface area (Å²) < 4.78 is 0. The lowest BCUT2D eigenvalue weighted by atomic mass is 9.90. The van der Waals surface area contributed by atoms with Crippen molar-refractivity contribution < 1.29 is 48.9 Å². The Morgan fingerprint density at radius 1 is 0.548 bits per heavy atom. The minimum Gasteiger partial charge on any atom is -0.396 e. The standard InChI is InChI=1S/C53H92N10O10/c1-5-6-7-8-9-10-11-12-13-14-15-16-20-27-47(70)63-48(38(4)66)51(73)60-37(3)44(67)32-40(31-39-24-18-17-19-25-39)49(71)61-42(26-22-29-59-53(56)57)46(69)33-41(34-64)50(72)62-43(35-65)45(68)30-36(2)23-21-28-58-52(54)55/h17-19,24-25,36-38,40-43,48,64-66H,5-16,20-23,26-35H2,1-4H3,(H,60,73)(H,61,71)(H,62,72)(H,63,70)(H4,54,55,58)(H4,56,57,59)/t36-,37+,38-,40-,41+,42+,43+,48+/m1/s1. The van der Waals surface area contributed by atoms with E-state index in [1.54, 1.807) is 30.3 Å². The maximum atomic E-state index is 14.2. The van der Waals surface area contributed by atoms with E-state index in [1.165, 1.54) is 71.6 Å². The lowest BCUT2D eigenvalue weighted by Gasteiger charge is -2.25. The summed E-state index contributed by atoms with van der Waals surface area (Å²) in [5.74, 6) is -7.09. The van der Waals surface area contributed by atoms with E-state index in [-0.39, 0.29) is 62.9 Å². The fourth-order valence-corrected chi connectivity index (χ4v) is 8.40. The predicted molar refractivity (Wildman–Crippen MR) is 285 cm³/mol. The quantitative estimate of drug-likeness (QED) is 0.0255. The molecular formula is C53H92N10O10. The molecule has 0 saturated carbocycles. The summed E-state index contributed by atoms with van der Waals surface area (Å²) in [6.45, 7) is 5.81. The number of nitrogens with one attached hydrogen (secondary N) is 4. The Kier molecular flexibility index (Phi) is 35.1. The average molecular weight is 1030 g/mol. The third-order valence-corrected chi connectivity index (χ3v) is 12.8. The topological polar surface area (TPSA) is 357 Å². The molecule has 0 heterocycles. The minimum atomic E-state index is -1.36. The maximum Gasteiger partial charge on any atom is 0.245 e. The number of aliphatic hydroxyl groups is 3. The van der Waals surface area contributed by atoms with Gasteiger partial charge in [-0.2, -0.15) is 0 Å². The first kappa shape index (κ1) is 65.5. The zero-order chi connectivity index (χ0) is 54.6. The number of carbonyl (C=O) groups excluding carboxylic acids is 7. The molecule has 0 unspecified atom stereocenters. The lowest BCUT2D eigenvalue weighted by molar-refractivity contribution is -0.136. The van der Waals surface area contributed by atoms with E-state index in [2.05, 4.69) is 38.2 Å². The highest BCUT2D eigenvalue weighted by Crippen LogP contribution is 2.19. The summed E-state index contributed by atoms with van der Waals surface area (Å²) in [7, 11) is 0. The van der Waals surface area contributed by atoms with Gasteiger partial charge in [0.2, 0.25) is 23.6 Å². The number of hydrogen-bond donors (Lipinski definition) is 11. The van der Waals surface area contributed by atoms with Gasteiger partial charge in [-0.15, -0.1) is 0 Å². The van der Waals surface area contributed by atoms with Crippen molar-refractivity contribution in [2.75, 3.05) is 26.3 Å². The van der Waals surface area contributed by atoms with Gasteiger partial charge in [0.25, 0.3) is 0 Å². The van der Waals surface area contributed by atoms with Crippen LogP contribution in [0.3, 0.4) is 0 Å². The van der Waals surface area contributed by atoms with E-state index >= 15 is 0 Å². The fourth-order valence-electron chi connectivity index (χ4n) is 8.40. The number of aliphatic imine (C=N–C) groups is 2. The number of benzene rings is 1. The summed E-state index contributed by atoms with van der Waals surface area (Å²) in [5.41, 5.74) is 22.4. The number of carbonyl (C=O) groups is 7. The van der Waals surface area contributed by atoms with Crippen molar-refractivity contribution in [3.05, 3.63) is 35.9 Å². The summed E-state index contributed by atoms with van der Waals surface area (Å²) in [6, 6.07) is 3.84. The van der Waals surface area contributed by atoms with Gasteiger partial charge < -0.3 is 59.5 Å². The van der Waals surface area contributed by atoms with Gasteiger partial charge in [-0.25, -0.2) is 0 Å². The minimum absolute atomic E-state index is 0.00418. The van der Waals surface area contributed by atoms with Crippen LogP contribution < -0.4 is 44.2 Å². The molecule has 414 valence electrons. The van der Waals surface area contributed by atoms with Crippen LogP contribution in [0.25, 0.3) is 0 Å². The molecule has 0 bridgehead atoms. The molecule has 0 saturated heterocycles. The Morgan fingerprint density at radius 2 is 1.04 bits per heavy atom. The van der Waals surface area contributed by atoms with Gasteiger partial charge in [-0.1, -0.05) is 121 Å². The van der Waals surface area contributed by atoms with Crippen molar-refractivity contribution in [1.29, 1.82) is 0 Å². The second-order valence-corrected chi connectivity index (χ2v) is 19.6. The number of aliphatic hydroxyl groups excluding tert-OH is 3. The molecule has 0 aromatic heterocycles. The normalized spacial score (nSPS) is 14.5. The molecule has 73 heavy (non-hydrogen) atoms. The van der Waals surface area contributed by atoms with Crippen LogP contribution in [0, 0.1) is 17.8 Å². The van der Waals surface area contributed by atoms with Gasteiger partial charge in [0.05, 0.1) is 37.3 Å². The molecule has 1 aromatic rings. The molecular weight excluding hydrogens is 937 g/mol. The van der Waals surface area contributed by atoms with Crippen LogP contribution in [-0.4, -0.2) is 125 Å². The van der Waals surface area contributed by atoms with Gasteiger partial charge in [0, 0.05) is 44.7 Å². The zero-order valence-electron chi connectivity index (χ0n) is 44.3. The zero-order valence-corrected chi connectivity index (χ0v) is 44.3. The molecule has 0 aliphatic rings. The highest BCUT2D eigenvalue weighted by Gasteiger charge is 2.34. The molecule has 1 rings (SSSR count). The molecule has 15 N–H and O–H groups in total. The number of hydrogen-bond acceptors (Lipinski definition) is 12. The second-order valence-electron chi connectivity index (χ2n) is 19.6. The number of Topliss-reactive ketones (excluding diaryl/α,β-unsaturated/α-hetero) is 3. The Hall–Kier alpha value is -5.47. The van der Waals surface area contributed by atoms with E-state index in [0.717, 1.165) is 19.3 Å². The third-order valence-electron chi connectivity index (χ3n) is 12.8. The van der Waals surface area contributed by atoms with E-state index in [4.69, 9.17) is 22.9 Å².